The van der Waals surface area contributed by atoms with Crippen molar-refractivity contribution >= 4 is 27.4 Å². The predicted octanol–water partition coefficient (Wildman–Crippen LogP) is 3.60. The van der Waals surface area contributed by atoms with Gasteiger partial charge in [0.1, 0.15) is 11.6 Å². The van der Waals surface area contributed by atoms with Crippen LogP contribution in [0.1, 0.15) is 11.4 Å². The van der Waals surface area contributed by atoms with Gasteiger partial charge in [-0.15, -0.1) is 0 Å². The summed E-state index contributed by atoms with van der Waals surface area (Å²) < 4.78 is 6.25. The number of ether oxygens (including phenoxy) is 1. The minimum Gasteiger partial charge on any atom is -0.431 e. The van der Waals surface area contributed by atoms with Crippen LogP contribution in [0.4, 0.5) is 11.5 Å². The van der Waals surface area contributed by atoms with E-state index >= 15 is 0 Å². The van der Waals surface area contributed by atoms with E-state index in [1.165, 1.54) is 6.07 Å². The van der Waals surface area contributed by atoms with Crippen molar-refractivity contribution in [2.75, 3.05) is 12.4 Å². The molecule has 0 atom stereocenters. The Hall–Kier alpha value is -2.22. The first-order valence-corrected chi connectivity index (χ1v) is 6.86. The molecular formula is C13H13BrN4O3. The number of rotatable bonds is 4. The van der Waals surface area contributed by atoms with Gasteiger partial charge in [-0.1, -0.05) is 15.9 Å². The molecule has 8 heteroatoms. The van der Waals surface area contributed by atoms with Gasteiger partial charge >= 0.3 is 5.69 Å². The monoisotopic (exact) mass is 352 g/mol. The second kappa shape index (κ2) is 6.04. The molecule has 0 fully saturated rings. The summed E-state index contributed by atoms with van der Waals surface area (Å²) in [6.07, 6.45) is 0. The van der Waals surface area contributed by atoms with Crippen LogP contribution in [0.5, 0.6) is 11.6 Å². The van der Waals surface area contributed by atoms with E-state index in [0.717, 1.165) is 0 Å². The number of anilines is 1. The minimum atomic E-state index is -0.486. The molecule has 1 heterocycles. The summed E-state index contributed by atoms with van der Waals surface area (Å²) in [6.45, 7) is 3.46. The van der Waals surface area contributed by atoms with E-state index in [1.807, 2.05) is 0 Å². The molecule has 1 aromatic carbocycles. The Morgan fingerprint density at radius 1 is 1.29 bits per heavy atom. The number of nitro benzene ring substituents is 1. The highest BCUT2D eigenvalue weighted by Crippen LogP contribution is 2.36. The Morgan fingerprint density at radius 2 is 2.00 bits per heavy atom. The molecule has 0 amide bonds. The largest absolute Gasteiger partial charge is 0.431 e. The zero-order valence-corrected chi connectivity index (χ0v) is 13.3. The molecule has 0 aliphatic heterocycles. The number of aryl methyl sites for hydroxylation is 2. The zero-order chi connectivity index (χ0) is 15.6. The average molecular weight is 353 g/mol. The summed E-state index contributed by atoms with van der Waals surface area (Å²) in [5, 5.41) is 14.0. The fraction of sp³-hybridized carbons (Fsp3) is 0.231. The molecule has 21 heavy (non-hydrogen) atoms. The molecule has 2 rings (SSSR count). The van der Waals surface area contributed by atoms with E-state index in [4.69, 9.17) is 4.74 Å². The molecule has 0 aliphatic carbocycles. The second-order valence-corrected chi connectivity index (χ2v) is 5.23. The van der Waals surface area contributed by atoms with Gasteiger partial charge in [0.15, 0.2) is 0 Å². The zero-order valence-electron chi connectivity index (χ0n) is 11.7. The second-order valence-electron chi connectivity index (χ2n) is 4.32. The molecule has 0 bridgehead atoms. The standard InChI is InChI=1S/C13H13BrN4O3/c1-7-4-9(14)5-10(18(19)20)13(7)21-12-6-11(15-3)16-8(2)17-12/h4-6H,1-3H3,(H,15,16,17). The normalized spacial score (nSPS) is 10.3. The Balaban J connectivity index is 2.48. The third-order valence-electron chi connectivity index (χ3n) is 2.69. The highest BCUT2D eigenvalue weighted by molar-refractivity contribution is 9.10. The number of aromatic nitrogens is 2. The number of hydrogen-bond acceptors (Lipinski definition) is 6. The molecule has 1 aromatic heterocycles. The van der Waals surface area contributed by atoms with Crippen molar-refractivity contribution in [1.82, 2.24) is 9.97 Å². The first-order valence-electron chi connectivity index (χ1n) is 6.06. The van der Waals surface area contributed by atoms with Gasteiger partial charge in [-0.2, -0.15) is 4.98 Å². The third kappa shape index (κ3) is 3.46. The van der Waals surface area contributed by atoms with E-state index in [1.54, 1.807) is 33.0 Å². The maximum Gasteiger partial charge on any atom is 0.313 e. The van der Waals surface area contributed by atoms with E-state index in [9.17, 15) is 10.1 Å². The number of hydrogen-bond donors (Lipinski definition) is 1. The molecule has 110 valence electrons. The Morgan fingerprint density at radius 3 is 2.62 bits per heavy atom. The molecule has 2 aromatic rings. The van der Waals surface area contributed by atoms with Crippen LogP contribution in [0.25, 0.3) is 0 Å². The van der Waals surface area contributed by atoms with Crippen molar-refractivity contribution < 1.29 is 9.66 Å². The van der Waals surface area contributed by atoms with E-state index in [0.29, 0.717) is 21.7 Å². The van der Waals surface area contributed by atoms with Gasteiger partial charge in [0, 0.05) is 29.2 Å². The number of benzene rings is 1. The Kier molecular flexibility index (Phi) is 4.37. The van der Waals surface area contributed by atoms with Crippen molar-refractivity contribution in [2.24, 2.45) is 0 Å². The molecule has 0 radical (unpaired) electrons. The molecule has 0 saturated carbocycles. The topological polar surface area (TPSA) is 90.2 Å². The van der Waals surface area contributed by atoms with Gasteiger partial charge in [0.2, 0.25) is 11.6 Å². The number of halogens is 1. The highest BCUT2D eigenvalue weighted by Gasteiger charge is 2.20. The Bertz CT molecular complexity index is 706. The fourth-order valence-electron chi connectivity index (χ4n) is 1.81. The summed E-state index contributed by atoms with van der Waals surface area (Å²) in [4.78, 5) is 19.0. The smallest absolute Gasteiger partial charge is 0.313 e. The summed E-state index contributed by atoms with van der Waals surface area (Å²) in [6, 6.07) is 4.73. The van der Waals surface area contributed by atoms with Crippen LogP contribution in [0.3, 0.4) is 0 Å². The van der Waals surface area contributed by atoms with Crippen LogP contribution in [-0.2, 0) is 0 Å². The van der Waals surface area contributed by atoms with Crippen LogP contribution >= 0.6 is 15.9 Å². The van der Waals surface area contributed by atoms with Gasteiger partial charge in [0.05, 0.1) is 4.92 Å². The van der Waals surface area contributed by atoms with Crippen LogP contribution in [0.2, 0.25) is 0 Å². The lowest BCUT2D eigenvalue weighted by Crippen LogP contribution is -2.01. The number of nitro groups is 1. The first-order chi connectivity index (χ1) is 9.90. The summed E-state index contributed by atoms with van der Waals surface area (Å²) in [5.74, 6) is 1.51. The van der Waals surface area contributed by atoms with Crippen molar-refractivity contribution in [3.05, 3.63) is 44.2 Å². The predicted molar refractivity (Wildman–Crippen MR) is 81.9 cm³/mol. The van der Waals surface area contributed by atoms with Crippen molar-refractivity contribution in [3.8, 4) is 11.6 Å². The van der Waals surface area contributed by atoms with Crippen LogP contribution in [0.15, 0.2) is 22.7 Å². The molecule has 0 aliphatic rings. The lowest BCUT2D eigenvalue weighted by molar-refractivity contribution is -0.385. The highest BCUT2D eigenvalue weighted by atomic mass is 79.9. The van der Waals surface area contributed by atoms with Gasteiger partial charge in [-0.25, -0.2) is 4.98 Å². The summed E-state index contributed by atoms with van der Waals surface area (Å²) >= 11 is 3.24. The van der Waals surface area contributed by atoms with Gasteiger partial charge in [0.25, 0.3) is 0 Å². The van der Waals surface area contributed by atoms with Gasteiger partial charge in [-0.3, -0.25) is 10.1 Å². The van der Waals surface area contributed by atoms with E-state index in [-0.39, 0.29) is 17.3 Å². The van der Waals surface area contributed by atoms with Crippen molar-refractivity contribution in [3.63, 3.8) is 0 Å². The van der Waals surface area contributed by atoms with Crippen molar-refractivity contribution in [2.45, 2.75) is 13.8 Å². The van der Waals surface area contributed by atoms with Gasteiger partial charge < -0.3 is 10.1 Å². The van der Waals surface area contributed by atoms with Gasteiger partial charge in [-0.05, 0) is 19.9 Å². The maximum absolute atomic E-state index is 11.2. The van der Waals surface area contributed by atoms with E-state index < -0.39 is 4.92 Å². The average Bonchev–Trinajstić information content (AvgIpc) is 2.40. The SMILES string of the molecule is CNc1cc(Oc2c(C)cc(Br)cc2[N+](=O)[O-])nc(C)n1. The Labute approximate surface area is 129 Å². The lowest BCUT2D eigenvalue weighted by Gasteiger charge is -2.10. The molecule has 0 saturated heterocycles. The summed E-state index contributed by atoms with van der Waals surface area (Å²) in [7, 11) is 1.72. The molecule has 0 spiro atoms. The number of nitrogens with zero attached hydrogens (tertiary/aromatic N) is 3. The van der Waals surface area contributed by atoms with Crippen molar-refractivity contribution in [1.29, 1.82) is 0 Å². The quantitative estimate of drug-likeness (QED) is 0.667. The fourth-order valence-corrected chi connectivity index (χ4v) is 2.37. The lowest BCUT2D eigenvalue weighted by atomic mass is 10.2. The van der Waals surface area contributed by atoms with Crippen LogP contribution in [0, 0.1) is 24.0 Å². The van der Waals surface area contributed by atoms with Crippen LogP contribution in [-0.4, -0.2) is 21.9 Å². The maximum atomic E-state index is 11.2. The first kappa shape index (κ1) is 15.2. The minimum absolute atomic E-state index is 0.121. The summed E-state index contributed by atoms with van der Waals surface area (Å²) in [5.41, 5.74) is 0.516. The van der Waals surface area contributed by atoms with Crippen LogP contribution < -0.4 is 10.1 Å². The van der Waals surface area contributed by atoms with E-state index in [2.05, 4.69) is 31.2 Å². The molecule has 0 unspecified atom stereocenters. The molecule has 1 N–H and O–H groups in total. The molecular weight excluding hydrogens is 340 g/mol. The molecule has 7 nitrogen and oxygen atoms in total. The third-order valence-corrected chi connectivity index (χ3v) is 3.15. The number of nitrogens with one attached hydrogen (secondary N) is 1.